The molecule has 0 aromatic heterocycles. The first-order valence-electron chi connectivity index (χ1n) is 3.65. The van der Waals surface area contributed by atoms with Gasteiger partial charge >= 0.3 is 5.97 Å². The lowest BCUT2D eigenvalue weighted by molar-refractivity contribution is -0.131. The molecule has 0 spiro atoms. The van der Waals surface area contributed by atoms with Crippen molar-refractivity contribution < 1.29 is 9.53 Å². The zero-order valence-electron chi connectivity index (χ0n) is 7.23. The molecule has 0 heterocycles. The Morgan fingerprint density at radius 1 is 1.31 bits per heavy atom. The molecule has 0 atom stereocenters. The van der Waals surface area contributed by atoms with Gasteiger partial charge in [0.1, 0.15) is 5.75 Å². The van der Waals surface area contributed by atoms with Crippen LogP contribution in [0, 0.1) is 6.92 Å². The van der Waals surface area contributed by atoms with Crippen molar-refractivity contribution in [1.82, 2.24) is 0 Å². The van der Waals surface area contributed by atoms with Crippen molar-refractivity contribution in [2.45, 2.75) is 13.8 Å². The van der Waals surface area contributed by atoms with Crippen LogP contribution in [-0.4, -0.2) is 5.97 Å². The summed E-state index contributed by atoms with van der Waals surface area (Å²) in [4.78, 5) is 10.7. The van der Waals surface area contributed by atoms with Gasteiger partial charge in [-0.3, -0.25) is 4.79 Å². The first-order chi connectivity index (χ1) is 6.00. The molecule has 4 heteroatoms. The minimum Gasteiger partial charge on any atom is -0.425 e. The highest BCUT2D eigenvalue weighted by Crippen LogP contribution is 2.31. The Morgan fingerprint density at radius 2 is 1.92 bits per heavy atom. The summed E-state index contributed by atoms with van der Waals surface area (Å²) in [6.07, 6.45) is 0. The molecule has 2 nitrogen and oxygen atoms in total. The Kier molecular flexibility index (Phi) is 3.50. The minimum absolute atomic E-state index is 0.323. The highest BCUT2D eigenvalue weighted by molar-refractivity contribution is 9.11. The van der Waals surface area contributed by atoms with E-state index in [2.05, 4.69) is 31.9 Å². The predicted molar refractivity (Wildman–Crippen MR) is 57.9 cm³/mol. The number of ether oxygens (including phenoxy) is 1. The third kappa shape index (κ3) is 2.81. The molecule has 0 aliphatic heterocycles. The quantitative estimate of drug-likeness (QED) is 0.587. The number of hydrogen-bond acceptors (Lipinski definition) is 2. The Labute approximate surface area is 93.5 Å². The summed E-state index contributed by atoms with van der Waals surface area (Å²) >= 11 is 6.67. The minimum atomic E-state index is -0.323. The number of carbonyl (C=O) groups is 1. The fourth-order valence-corrected chi connectivity index (χ4v) is 1.72. The van der Waals surface area contributed by atoms with E-state index in [0.717, 1.165) is 14.5 Å². The Bertz CT molecular complexity index is 348. The fourth-order valence-electron chi connectivity index (χ4n) is 0.861. The van der Waals surface area contributed by atoms with Gasteiger partial charge < -0.3 is 4.74 Å². The van der Waals surface area contributed by atoms with Crippen LogP contribution in [0.25, 0.3) is 0 Å². The van der Waals surface area contributed by atoms with Crippen LogP contribution in [0.4, 0.5) is 0 Å². The van der Waals surface area contributed by atoms with Gasteiger partial charge in [0.05, 0.1) is 4.47 Å². The molecule has 1 aromatic rings. The van der Waals surface area contributed by atoms with Gasteiger partial charge in [0.25, 0.3) is 0 Å². The van der Waals surface area contributed by atoms with Crippen LogP contribution in [0.2, 0.25) is 0 Å². The van der Waals surface area contributed by atoms with Gasteiger partial charge in [-0.1, -0.05) is 15.9 Å². The molecule has 0 radical (unpaired) electrons. The standard InChI is InChI=1S/C9H8Br2O2/c1-5-3-8(11)9(4-7(5)10)13-6(2)12/h3-4H,1-2H3. The maximum atomic E-state index is 10.7. The molecule has 70 valence electrons. The van der Waals surface area contributed by atoms with Crippen LogP contribution >= 0.6 is 31.9 Å². The van der Waals surface area contributed by atoms with Crippen molar-refractivity contribution in [3.8, 4) is 5.75 Å². The lowest BCUT2D eigenvalue weighted by Crippen LogP contribution is -2.02. The number of carbonyl (C=O) groups excluding carboxylic acids is 1. The maximum Gasteiger partial charge on any atom is 0.308 e. The van der Waals surface area contributed by atoms with E-state index in [1.165, 1.54) is 6.92 Å². The molecule has 0 aliphatic carbocycles. The van der Waals surface area contributed by atoms with Gasteiger partial charge in [-0.2, -0.15) is 0 Å². The molecule has 0 unspecified atom stereocenters. The van der Waals surface area contributed by atoms with E-state index in [1.54, 1.807) is 6.07 Å². The van der Waals surface area contributed by atoms with Gasteiger partial charge in [0, 0.05) is 11.4 Å². The molecule has 1 aromatic carbocycles. The van der Waals surface area contributed by atoms with Gasteiger partial charge in [-0.25, -0.2) is 0 Å². The largest absolute Gasteiger partial charge is 0.425 e. The summed E-state index contributed by atoms with van der Waals surface area (Å²) in [6, 6.07) is 3.66. The molecule has 1 rings (SSSR count). The van der Waals surface area contributed by atoms with Gasteiger partial charge in [-0.15, -0.1) is 0 Å². The van der Waals surface area contributed by atoms with E-state index in [1.807, 2.05) is 13.0 Å². The molecule has 0 N–H and O–H groups in total. The first kappa shape index (κ1) is 10.7. The second-order valence-electron chi connectivity index (χ2n) is 2.63. The lowest BCUT2D eigenvalue weighted by atomic mass is 10.2. The summed E-state index contributed by atoms with van der Waals surface area (Å²) in [5, 5.41) is 0. The average Bonchev–Trinajstić information content (AvgIpc) is 1.99. The zero-order valence-corrected chi connectivity index (χ0v) is 10.4. The lowest BCUT2D eigenvalue weighted by Gasteiger charge is -2.06. The Hall–Kier alpha value is -0.350. The molecule has 0 fully saturated rings. The molecular weight excluding hydrogens is 300 g/mol. The molecular formula is C9H8Br2O2. The van der Waals surface area contributed by atoms with Crippen molar-refractivity contribution in [2.75, 3.05) is 0 Å². The SMILES string of the molecule is CC(=O)Oc1cc(Br)c(C)cc1Br. The number of rotatable bonds is 1. The van der Waals surface area contributed by atoms with Crippen molar-refractivity contribution in [2.24, 2.45) is 0 Å². The monoisotopic (exact) mass is 306 g/mol. The maximum absolute atomic E-state index is 10.7. The normalized spacial score (nSPS) is 9.85. The van der Waals surface area contributed by atoms with Crippen LogP contribution in [0.5, 0.6) is 5.75 Å². The average molecular weight is 308 g/mol. The van der Waals surface area contributed by atoms with Crippen molar-refractivity contribution >= 4 is 37.8 Å². The Morgan fingerprint density at radius 3 is 2.46 bits per heavy atom. The smallest absolute Gasteiger partial charge is 0.308 e. The van der Waals surface area contributed by atoms with E-state index in [4.69, 9.17) is 4.74 Å². The number of esters is 1. The van der Waals surface area contributed by atoms with Crippen LogP contribution in [-0.2, 0) is 4.79 Å². The molecule has 13 heavy (non-hydrogen) atoms. The van der Waals surface area contributed by atoms with E-state index in [0.29, 0.717) is 5.75 Å². The number of halogens is 2. The van der Waals surface area contributed by atoms with E-state index >= 15 is 0 Å². The number of benzene rings is 1. The van der Waals surface area contributed by atoms with Crippen molar-refractivity contribution in [1.29, 1.82) is 0 Å². The van der Waals surface area contributed by atoms with Gasteiger partial charge in [0.2, 0.25) is 0 Å². The topological polar surface area (TPSA) is 26.3 Å². The fraction of sp³-hybridized carbons (Fsp3) is 0.222. The molecule has 0 saturated carbocycles. The van der Waals surface area contributed by atoms with Crippen LogP contribution in [0.1, 0.15) is 12.5 Å². The van der Waals surface area contributed by atoms with Crippen LogP contribution in [0.3, 0.4) is 0 Å². The zero-order chi connectivity index (χ0) is 10.0. The number of hydrogen-bond donors (Lipinski definition) is 0. The van der Waals surface area contributed by atoms with Gasteiger partial charge in [-0.05, 0) is 40.5 Å². The van der Waals surface area contributed by atoms with Crippen LogP contribution < -0.4 is 4.74 Å². The summed E-state index contributed by atoms with van der Waals surface area (Å²) < 4.78 is 6.67. The van der Waals surface area contributed by atoms with E-state index in [-0.39, 0.29) is 5.97 Å². The third-order valence-electron chi connectivity index (χ3n) is 1.47. The second-order valence-corrected chi connectivity index (χ2v) is 4.33. The predicted octanol–water partition coefficient (Wildman–Crippen LogP) is 3.45. The molecule has 0 aliphatic rings. The van der Waals surface area contributed by atoms with Crippen molar-refractivity contribution in [3.05, 3.63) is 26.6 Å². The summed E-state index contributed by atoms with van der Waals surface area (Å²) in [5.41, 5.74) is 1.09. The summed E-state index contributed by atoms with van der Waals surface area (Å²) in [5.74, 6) is 0.210. The molecule has 0 bridgehead atoms. The molecule has 0 amide bonds. The summed E-state index contributed by atoms with van der Waals surface area (Å²) in [6.45, 7) is 3.34. The number of aryl methyl sites for hydroxylation is 1. The van der Waals surface area contributed by atoms with Crippen molar-refractivity contribution in [3.63, 3.8) is 0 Å². The summed E-state index contributed by atoms with van der Waals surface area (Å²) in [7, 11) is 0. The second kappa shape index (κ2) is 4.24. The van der Waals surface area contributed by atoms with Crippen LogP contribution in [0.15, 0.2) is 21.1 Å². The molecule has 0 saturated heterocycles. The van der Waals surface area contributed by atoms with Gasteiger partial charge in [0.15, 0.2) is 0 Å². The van der Waals surface area contributed by atoms with E-state index < -0.39 is 0 Å². The van der Waals surface area contributed by atoms with E-state index in [9.17, 15) is 4.79 Å². The first-order valence-corrected chi connectivity index (χ1v) is 5.23. The highest BCUT2D eigenvalue weighted by Gasteiger charge is 2.06. The Balaban J connectivity index is 3.08. The third-order valence-corrected chi connectivity index (χ3v) is 2.94. The highest BCUT2D eigenvalue weighted by atomic mass is 79.9.